The van der Waals surface area contributed by atoms with Crippen LogP contribution in [0.25, 0.3) is 0 Å². The average molecular weight is 279 g/mol. The Balaban J connectivity index is 2.08. The van der Waals surface area contributed by atoms with E-state index < -0.39 is 0 Å². The van der Waals surface area contributed by atoms with Crippen molar-refractivity contribution in [3.63, 3.8) is 0 Å². The number of carbonyl (C=O) groups excluding carboxylic acids is 1. The van der Waals surface area contributed by atoms with Crippen LogP contribution in [0, 0.1) is 0 Å². The largest absolute Gasteiger partial charge is 0.496 e. The van der Waals surface area contributed by atoms with Crippen molar-refractivity contribution < 1.29 is 9.53 Å². The Bertz CT molecular complexity index is 577. The standard InChI is InChI=1S/C12H11ClN4O2/c1-19-10-7-8(13)3-4-9(10)11(18)16-17-12-14-5-2-6-15-12/h2-7H,1H3,(H,16,18)(H,14,15,17). The lowest BCUT2D eigenvalue weighted by Crippen LogP contribution is -2.30. The van der Waals surface area contributed by atoms with Gasteiger partial charge in [0.15, 0.2) is 0 Å². The Morgan fingerprint density at radius 3 is 2.74 bits per heavy atom. The van der Waals surface area contributed by atoms with Crippen LogP contribution in [0.15, 0.2) is 36.7 Å². The van der Waals surface area contributed by atoms with Gasteiger partial charge in [-0.2, -0.15) is 0 Å². The van der Waals surface area contributed by atoms with Gasteiger partial charge in [0.2, 0.25) is 5.95 Å². The number of nitrogens with one attached hydrogen (secondary N) is 2. The van der Waals surface area contributed by atoms with E-state index in [9.17, 15) is 4.79 Å². The van der Waals surface area contributed by atoms with Crippen LogP contribution in [-0.2, 0) is 0 Å². The van der Waals surface area contributed by atoms with Crippen molar-refractivity contribution in [1.29, 1.82) is 0 Å². The van der Waals surface area contributed by atoms with Gasteiger partial charge in [0.1, 0.15) is 5.75 Å². The molecular formula is C12H11ClN4O2. The third-order valence-electron chi connectivity index (χ3n) is 2.26. The molecule has 1 amide bonds. The molecule has 1 aromatic heterocycles. The molecule has 2 aromatic rings. The molecule has 0 aliphatic heterocycles. The molecule has 98 valence electrons. The first-order chi connectivity index (χ1) is 9.20. The van der Waals surface area contributed by atoms with Crippen LogP contribution in [0.1, 0.15) is 10.4 Å². The van der Waals surface area contributed by atoms with Crippen molar-refractivity contribution in [3.05, 3.63) is 47.2 Å². The molecule has 0 saturated heterocycles. The van der Waals surface area contributed by atoms with Gasteiger partial charge < -0.3 is 4.74 Å². The van der Waals surface area contributed by atoms with Gasteiger partial charge in [-0.15, -0.1) is 0 Å². The van der Waals surface area contributed by atoms with Gasteiger partial charge >= 0.3 is 0 Å². The Kier molecular flexibility index (Phi) is 4.15. The minimum absolute atomic E-state index is 0.295. The van der Waals surface area contributed by atoms with Crippen molar-refractivity contribution >= 4 is 23.5 Å². The first-order valence-corrected chi connectivity index (χ1v) is 5.75. The summed E-state index contributed by atoms with van der Waals surface area (Å²) < 4.78 is 5.10. The summed E-state index contributed by atoms with van der Waals surface area (Å²) in [6, 6.07) is 6.42. The molecule has 7 heteroatoms. The molecule has 0 saturated carbocycles. The number of aromatic nitrogens is 2. The fourth-order valence-corrected chi connectivity index (χ4v) is 1.56. The lowest BCUT2D eigenvalue weighted by atomic mass is 10.2. The monoisotopic (exact) mass is 278 g/mol. The molecule has 0 aliphatic carbocycles. The number of halogens is 1. The maximum Gasteiger partial charge on any atom is 0.273 e. The van der Waals surface area contributed by atoms with E-state index >= 15 is 0 Å². The second kappa shape index (κ2) is 6.01. The molecule has 19 heavy (non-hydrogen) atoms. The summed E-state index contributed by atoms with van der Waals surface area (Å²) >= 11 is 5.83. The van der Waals surface area contributed by atoms with E-state index in [1.807, 2.05) is 0 Å². The SMILES string of the molecule is COc1cc(Cl)ccc1C(=O)NNc1ncccn1. The van der Waals surface area contributed by atoms with E-state index in [1.165, 1.54) is 7.11 Å². The minimum Gasteiger partial charge on any atom is -0.496 e. The van der Waals surface area contributed by atoms with Crippen LogP contribution in [0.5, 0.6) is 5.75 Å². The number of carbonyl (C=O) groups is 1. The number of nitrogens with zero attached hydrogens (tertiary/aromatic N) is 2. The number of methoxy groups -OCH3 is 1. The molecular weight excluding hydrogens is 268 g/mol. The topological polar surface area (TPSA) is 76.1 Å². The van der Waals surface area contributed by atoms with E-state index in [4.69, 9.17) is 16.3 Å². The summed E-state index contributed by atoms with van der Waals surface area (Å²) in [5, 5.41) is 0.493. The summed E-state index contributed by atoms with van der Waals surface area (Å²) in [6.45, 7) is 0. The van der Waals surface area contributed by atoms with Crippen LogP contribution in [0.4, 0.5) is 5.95 Å². The maximum atomic E-state index is 12.0. The third-order valence-corrected chi connectivity index (χ3v) is 2.50. The van der Waals surface area contributed by atoms with Crippen molar-refractivity contribution in [3.8, 4) is 5.75 Å². The molecule has 0 bridgehead atoms. The van der Waals surface area contributed by atoms with E-state index in [-0.39, 0.29) is 5.91 Å². The van der Waals surface area contributed by atoms with Gasteiger partial charge in [-0.05, 0) is 24.3 Å². The molecule has 2 N–H and O–H groups in total. The highest BCUT2D eigenvalue weighted by Gasteiger charge is 2.12. The molecule has 1 heterocycles. The zero-order valence-electron chi connectivity index (χ0n) is 10.1. The van der Waals surface area contributed by atoms with Crippen molar-refractivity contribution in [1.82, 2.24) is 15.4 Å². The summed E-state index contributed by atoms with van der Waals surface area (Å²) in [5.41, 5.74) is 5.43. The van der Waals surface area contributed by atoms with Crippen molar-refractivity contribution in [2.24, 2.45) is 0 Å². The summed E-state index contributed by atoms with van der Waals surface area (Å²) in [5.74, 6) is 0.311. The molecule has 0 atom stereocenters. The van der Waals surface area contributed by atoms with E-state index in [0.717, 1.165) is 0 Å². The number of amides is 1. The number of rotatable bonds is 4. The highest BCUT2D eigenvalue weighted by Crippen LogP contribution is 2.22. The van der Waals surface area contributed by atoms with Crippen LogP contribution in [0.3, 0.4) is 0 Å². The highest BCUT2D eigenvalue weighted by atomic mass is 35.5. The van der Waals surface area contributed by atoms with Crippen LogP contribution in [0.2, 0.25) is 5.02 Å². The molecule has 0 aliphatic rings. The lowest BCUT2D eigenvalue weighted by molar-refractivity contribution is 0.0959. The summed E-state index contributed by atoms with van der Waals surface area (Å²) in [4.78, 5) is 19.8. The van der Waals surface area contributed by atoms with Gasteiger partial charge in [-0.3, -0.25) is 15.6 Å². The highest BCUT2D eigenvalue weighted by molar-refractivity contribution is 6.30. The minimum atomic E-state index is -0.374. The van der Waals surface area contributed by atoms with Gasteiger partial charge in [0.25, 0.3) is 5.91 Å². The number of hydrogen-bond acceptors (Lipinski definition) is 5. The molecule has 0 fully saturated rings. The fraction of sp³-hybridized carbons (Fsp3) is 0.0833. The number of ether oxygens (including phenoxy) is 1. The van der Waals surface area contributed by atoms with Crippen LogP contribution < -0.4 is 15.6 Å². The molecule has 0 spiro atoms. The second-order valence-electron chi connectivity index (χ2n) is 3.50. The molecule has 0 unspecified atom stereocenters. The van der Waals surface area contributed by atoms with Crippen molar-refractivity contribution in [2.75, 3.05) is 12.5 Å². The predicted octanol–water partition coefficient (Wildman–Crippen LogP) is 1.90. The van der Waals surface area contributed by atoms with E-state index in [2.05, 4.69) is 20.8 Å². The number of hydrogen-bond donors (Lipinski definition) is 2. The summed E-state index contributed by atoms with van der Waals surface area (Å²) in [7, 11) is 1.47. The zero-order valence-corrected chi connectivity index (χ0v) is 10.8. The molecule has 1 aromatic carbocycles. The molecule has 6 nitrogen and oxygen atoms in total. The van der Waals surface area contributed by atoms with Gasteiger partial charge in [0.05, 0.1) is 12.7 Å². The Morgan fingerprint density at radius 1 is 1.32 bits per heavy atom. The number of hydrazine groups is 1. The predicted molar refractivity (Wildman–Crippen MR) is 71.1 cm³/mol. The van der Waals surface area contributed by atoms with Crippen LogP contribution in [-0.4, -0.2) is 23.0 Å². The number of benzene rings is 1. The zero-order chi connectivity index (χ0) is 13.7. The van der Waals surface area contributed by atoms with E-state index in [0.29, 0.717) is 22.3 Å². The first-order valence-electron chi connectivity index (χ1n) is 5.37. The second-order valence-corrected chi connectivity index (χ2v) is 3.93. The maximum absolute atomic E-state index is 12.0. The van der Waals surface area contributed by atoms with Crippen LogP contribution >= 0.6 is 11.6 Å². The summed E-state index contributed by atoms with van der Waals surface area (Å²) in [6.07, 6.45) is 3.12. The van der Waals surface area contributed by atoms with E-state index in [1.54, 1.807) is 36.7 Å². The van der Waals surface area contributed by atoms with Gasteiger partial charge in [0, 0.05) is 17.4 Å². The van der Waals surface area contributed by atoms with Crippen molar-refractivity contribution in [2.45, 2.75) is 0 Å². The normalized spacial score (nSPS) is 9.79. The Hall–Kier alpha value is -2.34. The lowest BCUT2D eigenvalue weighted by Gasteiger charge is -2.10. The Labute approximate surface area is 114 Å². The molecule has 2 rings (SSSR count). The Morgan fingerprint density at radius 2 is 2.05 bits per heavy atom. The smallest absolute Gasteiger partial charge is 0.273 e. The fourth-order valence-electron chi connectivity index (χ4n) is 1.40. The average Bonchev–Trinajstić information content (AvgIpc) is 2.45. The first kappa shape index (κ1) is 13.1. The third kappa shape index (κ3) is 3.32. The molecule has 0 radical (unpaired) electrons. The van der Waals surface area contributed by atoms with Gasteiger partial charge in [-0.25, -0.2) is 9.97 Å². The number of anilines is 1. The van der Waals surface area contributed by atoms with Gasteiger partial charge in [-0.1, -0.05) is 11.6 Å². The quantitative estimate of drug-likeness (QED) is 0.836.